The lowest BCUT2D eigenvalue weighted by Gasteiger charge is -2.23. The minimum Gasteiger partial charge on any atom is -0.493 e. The Hall–Kier alpha value is -1.84. The number of piperidine rings is 1. The van der Waals surface area contributed by atoms with E-state index in [0.717, 1.165) is 25.9 Å². The van der Waals surface area contributed by atoms with Crippen LogP contribution in [0.3, 0.4) is 0 Å². The number of benzene rings is 1. The van der Waals surface area contributed by atoms with E-state index >= 15 is 0 Å². The number of nitrogens with one attached hydrogen (secondary N) is 3. The molecule has 0 bridgehead atoms. The second-order valence-electron chi connectivity index (χ2n) is 5.76. The van der Waals surface area contributed by atoms with Crippen molar-refractivity contribution in [1.29, 1.82) is 0 Å². The molecule has 1 saturated heterocycles. The molecular formula is C16H25N3O5S. The zero-order chi connectivity index (χ0) is 18.3. The van der Waals surface area contributed by atoms with Crippen LogP contribution in [0.4, 0.5) is 0 Å². The Bertz CT molecular complexity index is 687. The van der Waals surface area contributed by atoms with Crippen molar-refractivity contribution in [2.45, 2.75) is 30.2 Å². The first kappa shape index (κ1) is 19.5. The summed E-state index contributed by atoms with van der Waals surface area (Å²) >= 11 is 0. The lowest BCUT2D eigenvalue weighted by molar-refractivity contribution is -0.121. The Kier molecular flexibility index (Phi) is 7.03. The Morgan fingerprint density at radius 3 is 2.52 bits per heavy atom. The molecule has 140 valence electrons. The third-order valence-corrected chi connectivity index (χ3v) is 5.47. The first-order valence-electron chi connectivity index (χ1n) is 8.18. The third-order valence-electron chi connectivity index (χ3n) is 4.01. The molecule has 2 rings (SSSR count). The Balaban J connectivity index is 1.87. The SMILES string of the molecule is COc1ccc(S(=O)(=O)NCCC(=O)NC2CCNCC2)cc1OC. The average molecular weight is 371 g/mol. The monoisotopic (exact) mass is 371 g/mol. The van der Waals surface area contributed by atoms with E-state index in [2.05, 4.69) is 15.4 Å². The fourth-order valence-electron chi connectivity index (χ4n) is 2.63. The summed E-state index contributed by atoms with van der Waals surface area (Å²) < 4.78 is 37.3. The smallest absolute Gasteiger partial charge is 0.240 e. The number of hydrogen-bond acceptors (Lipinski definition) is 6. The third kappa shape index (κ3) is 5.58. The minimum atomic E-state index is -3.72. The van der Waals surface area contributed by atoms with E-state index in [1.165, 1.54) is 32.4 Å². The predicted molar refractivity (Wildman–Crippen MR) is 93.4 cm³/mol. The molecule has 3 N–H and O–H groups in total. The van der Waals surface area contributed by atoms with Gasteiger partial charge in [0.1, 0.15) is 0 Å². The molecule has 1 aliphatic rings. The van der Waals surface area contributed by atoms with Gasteiger partial charge in [-0.3, -0.25) is 4.79 Å². The standard InChI is InChI=1S/C16H25N3O5S/c1-23-14-4-3-13(11-15(14)24-2)25(21,22)18-10-7-16(20)19-12-5-8-17-9-6-12/h3-4,11-12,17-18H,5-10H2,1-2H3,(H,19,20). The molecule has 0 unspecified atom stereocenters. The molecule has 0 aromatic heterocycles. The summed E-state index contributed by atoms with van der Waals surface area (Å²) in [4.78, 5) is 12.0. The van der Waals surface area contributed by atoms with Gasteiger partial charge in [-0.25, -0.2) is 13.1 Å². The van der Waals surface area contributed by atoms with Crippen molar-refractivity contribution in [2.75, 3.05) is 33.9 Å². The highest BCUT2D eigenvalue weighted by molar-refractivity contribution is 7.89. The molecule has 0 radical (unpaired) electrons. The number of rotatable bonds is 8. The molecule has 1 heterocycles. The highest BCUT2D eigenvalue weighted by atomic mass is 32.2. The van der Waals surface area contributed by atoms with Gasteiger partial charge in [0.15, 0.2) is 11.5 Å². The van der Waals surface area contributed by atoms with E-state index in [-0.39, 0.29) is 29.8 Å². The van der Waals surface area contributed by atoms with Crippen LogP contribution < -0.4 is 24.8 Å². The largest absolute Gasteiger partial charge is 0.493 e. The molecule has 1 aromatic carbocycles. The number of methoxy groups -OCH3 is 2. The van der Waals surface area contributed by atoms with E-state index in [0.29, 0.717) is 11.5 Å². The highest BCUT2D eigenvalue weighted by Crippen LogP contribution is 2.29. The van der Waals surface area contributed by atoms with Crippen molar-refractivity contribution < 1.29 is 22.7 Å². The van der Waals surface area contributed by atoms with Crippen LogP contribution in [0.25, 0.3) is 0 Å². The van der Waals surface area contributed by atoms with Gasteiger partial charge in [-0.05, 0) is 38.1 Å². The second kappa shape index (κ2) is 9.02. The van der Waals surface area contributed by atoms with E-state index in [9.17, 15) is 13.2 Å². The van der Waals surface area contributed by atoms with Crippen LogP contribution in [-0.4, -0.2) is 54.2 Å². The number of carbonyl (C=O) groups is 1. The summed E-state index contributed by atoms with van der Waals surface area (Å²) in [7, 11) is -0.807. The fourth-order valence-corrected chi connectivity index (χ4v) is 3.68. The summed E-state index contributed by atoms with van der Waals surface area (Å²) in [6, 6.07) is 4.50. The molecule has 1 aliphatic heterocycles. The maximum Gasteiger partial charge on any atom is 0.240 e. The number of carbonyl (C=O) groups excluding carboxylic acids is 1. The first-order valence-corrected chi connectivity index (χ1v) is 9.66. The Morgan fingerprint density at radius 1 is 1.20 bits per heavy atom. The number of hydrogen-bond donors (Lipinski definition) is 3. The number of ether oxygens (including phenoxy) is 2. The van der Waals surface area contributed by atoms with Crippen molar-refractivity contribution in [3.8, 4) is 11.5 Å². The molecule has 25 heavy (non-hydrogen) atoms. The van der Waals surface area contributed by atoms with Crippen LogP contribution in [0.1, 0.15) is 19.3 Å². The molecular weight excluding hydrogens is 346 g/mol. The summed E-state index contributed by atoms with van der Waals surface area (Å²) in [5, 5.41) is 6.15. The maximum absolute atomic E-state index is 12.3. The normalized spacial score (nSPS) is 15.6. The van der Waals surface area contributed by atoms with Gasteiger partial charge >= 0.3 is 0 Å². The van der Waals surface area contributed by atoms with Gasteiger partial charge in [0.05, 0.1) is 19.1 Å². The fraction of sp³-hybridized carbons (Fsp3) is 0.562. The van der Waals surface area contributed by atoms with Crippen molar-refractivity contribution >= 4 is 15.9 Å². The summed E-state index contributed by atoms with van der Waals surface area (Å²) in [5.74, 6) is 0.624. The summed E-state index contributed by atoms with van der Waals surface area (Å²) in [6.45, 7) is 1.81. The average Bonchev–Trinajstić information content (AvgIpc) is 2.61. The number of amides is 1. The van der Waals surface area contributed by atoms with Gasteiger partial charge in [-0.2, -0.15) is 0 Å². The Labute approximate surface area is 148 Å². The molecule has 0 atom stereocenters. The minimum absolute atomic E-state index is 0.0352. The molecule has 1 fully saturated rings. The van der Waals surface area contributed by atoms with Crippen LogP contribution in [0.15, 0.2) is 23.1 Å². The molecule has 0 aliphatic carbocycles. The van der Waals surface area contributed by atoms with E-state index < -0.39 is 10.0 Å². The molecule has 1 amide bonds. The van der Waals surface area contributed by atoms with Crippen LogP contribution in [0.5, 0.6) is 11.5 Å². The van der Waals surface area contributed by atoms with E-state index in [1.807, 2.05) is 0 Å². The van der Waals surface area contributed by atoms with Gasteiger partial charge in [0.2, 0.25) is 15.9 Å². The van der Waals surface area contributed by atoms with Crippen LogP contribution in [0.2, 0.25) is 0 Å². The lowest BCUT2D eigenvalue weighted by atomic mass is 10.1. The van der Waals surface area contributed by atoms with Gasteiger partial charge in [-0.15, -0.1) is 0 Å². The van der Waals surface area contributed by atoms with Crippen molar-refractivity contribution in [3.63, 3.8) is 0 Å². The first-order chi connectivity index (χ1) is 12.0. The molecule has 9 heteroatoms. The van der Waals surface area contributed by atoms with E-state index in [1.54, 1.807) is 0 Å². The molecule has 0 spiro atoms. The topological polar surface area (TPSA) is 106 Å². The zero-order valence-electron chi connectivity index (χ0n) is 14.5. The molecule has 0 saturated carbocycles. The van der Waals surface area contributed by atoms with Crippen LogP contribution in [0, 0.1) is 0 Å². The second-order valence-corrected chi connectivity index (χ2v) is 7.52. The summed E-state index contributed by atoms with van der Waals surface area (Å²) in [5.41, 5.74) is 0. The van der Waals surface area contributed by atoms with Gasteiger partial charge in [0.25, 0.3) is 0 Å². The van der Waals surface area contributed by atoms with Crippen LogP contribution >= 0.6 is 0 Å². The van der Waals surface area contributed by atoms with Gasteiger partial charge in [-0.1, -0.05) is 0 Å². The highest BCUT2D eigenvalue weighted by Gasteiger charge is 2.18. The lowest BCUT2D eigenvalue weighted by Crippen LogP contribution is -2.43. The maximum atomic E-state index is 12.3. The summed E-state index contributed by atoms with van der Waals surface area (Å²) in [6.07, 6.45) is 1.88. The zero-order valence-corrected chi connectivity index (χ0v) is 15.3. The van der Waals surface area contributed by atoms with Crippen LogP contribution in [-0.2, 0) is 14.8 Å². The van der Waals surface area contributed by atoms with Crippen molar-refractivity contribution in [1.82, 2.24) is 15.4 Å². The number of sulfonamides is 1. The van der Waals surface area contributed by atoms with E-state index in [4.69, 9.17) is 9.47 Å². The van der Waals surface area contributed by atoms with Crippen molar-refractivity contribution in [3.05, 3.63) is 18.2 Å². The predicted octanol–water partition coefficient (Wildman–Crippen LogP) is 0.240. The molecule has 8 nitrogen and oxygen atoms in total. The van der Waals surface area contributed by atoms with Gasteiger partial charge < -0.3 is 20.1 Å². The quantitative estimate of drug-likeness (QED) is 0.605. The van der Waals surface area contributed by atoms with Gasteiger partial charge in [0, 0.05) is 25.1 Å². The van der Waals surface area contributed by atoms with Crippen molar-refractivity contribution in [2.24, 2.45) is 0 Å². The molecule has 1 aromatic rings. The Morgan fingerprint density at radius 2 is 1.88 bits per heavy atom.